The second-order valence-electron chi connectivity index (χ2n) is 8.38. The molecule has 5 heteroatoms. The van der Waals surface area contributed by atoms with Crippen LogP contribution in [0.2, 0.25) is 0 Å². The first kappa shape index (κ1) is 23.7. The number of aryl methyl sites for hydroxylation is 1. The Morgan fingerprint density at radius 3 is 2.60 bits per heavy atom. The topological polar surface area (TPSA) is 83.8 Å². The molecule has 164 valence electrons. The quantitative estimate of drug-likeness (QED) is 0.215. The standard InChI is InChI=1S/C25H34O5/c1-5-6-7-8-18-14-21(26)25(20-13-17(4)9-10-19(20)16(2)3)22(15-18)30-24(29)12-11-23(27)28/h13-15,19-20,26H,2,5-12H2,1,3-4H3,(H,27,28). The molecule has 0 heterocycles. The first-order valence-electron chi connectivity index (χ1n) is 10.8. The van der Waals surface area contributed by atoms with Crippen molar-refractivity contribution < 1.29 is 24.5 Å². The summed E-state index contributed by atoms with van der Waals surface area (Å²) in [6, 6.07) is 3.60. The summed E-state index contributed by atoms with van der Waals surface area (Å²) in [5, 5.41) is 19.8. The molecule has 0 saturated carbocycles. The van der Waals surface area contributed by atoms with Crippen molar-refractivity contribution in [3.05, 3.63) is 47.1 Å². The maximum absolute atomic E-state index is 12.3. The highest BCUT2D eigenvalue weighted by Crippen LogP contribution is 2.47. The van der Waals surface area contributed by atoms with Gasteiger partial charge in [0.2, 0.25) is 0 Å². The molecule has 2 unspecified atom stereocenters. The van der Waals surface area contributed by atoms with Crippen molar-refractivity contribution in [2.45, 2.75) is 78.1 Å². The number of phenols is 1. The fourth-order valence-electron chi connectivity index (χ4n) is 4.10. The fraction of sp³-hybridized carbons (Fsp3) is 0.520. The molecule has 2 rings (SSSR count). The van der Waals surface area contributed by atoms with Crippen LogP contribution in [0.3, 0.4) is 0 Å². The number of ether oxygens (including phenoxy) is 1. The second kappa shape index (κ2) is 11.0. The highest BCUT2D eigenvalue weighted by molar-refractivity contribution is 5.78. The lowest BCUT2D eigenvalue weighted by Crippen LogP contribution is -2.19. The number of carboxylic acid groups (broad SMARTS) is 1. The number of hydrogen-bond donors (Lipinski definition) is 2. The van der Waals surface area contributed by atoms with Crippen LogP contribution in [0.15, 0.2) is 35.9 Å². The van der Waals surface area contributed by atoms with E-state index in [4.69, 9.17) is 9.84 Å². The third-order valence-corrected chi connectivity index (χ3v) is 5.73. The van der Waals surface area contributed by atoms with Crippen molar-refractivity contribution in [2.24, 2.45) is 5.92 Å². The van der Waals surface area contributed by atoms with Crippen molar-refractivity contribution in [1.82, 2.24) is 0 Å². The van der Waals surface area contributed by atoms with Gasteiger partial charge in [0.1, 0.15) is 11.5 Å². The number of aliphatic carboxylic acids is 1. The minimum Gasteiger partial charge on any atom is -0.507 e. The van der Waals surface area contributed by atoms with Gasteiger partial charge in [-0.1, -0.05) is 43.6 Å². The van der Waals surface area contributed by atoms with Crippen LogP contribution in [0.25, 0.3) is 0 Å². The summed E-state index contributed by atoms with van der Waals surface area (Å²) in [5.74, 6) is -1.19. The largest absolute Gasteiger partial charge is 0.507 e. The Labute approximate surface area is 179 Å². The Bertz CT molecular complexity index is 821. The summed E-state index contributed by atoms with van der Waals surface area (Å²) in [6.07, 6.45) is 7.47. The van der Waals surface area contributed by atoms with Gasteiger partial charge in [-0.05, 0) is 63.1 Å². The van der Waals surface area contributed by atoms with Crippen molar-refractivity contribution in [3.63, 3.8) is 0 Å². The molecular weight excluding hydrogens is 380 g/mol. The van der Waals surface area contributed by atoms with Gasteiger partial charge < -0.3 is 14.9 Å². The molecule has 1 aliphatic carbocycles. The molecular formula is C25H34O5. The summed E-state index contributed by atoms with van der Waals surface area (Å²) < 4.78 is 5.62. The van der Waals surface area contributed by atoms with E-state index in [1.807, 2.05) is 13.0 Å². The lowest BCUT2D eigenvalue weighted by atomic mass is 9.73. The predicted molar refractivity (Wildman–Crippen MR) is 118 cm³/mol. The molecule has 30 heavy (non-hydrogen) atoms. The zero-order valence-electron chi connectivity index (χ0n) is 18.4. The van der Waals surface area contributed by atoms with E-state index in [2.05, 4.69) is 26.5 Å². The van der Waals surface area contributed by atoms with E-state index < -0.39 is 11.9 Å². The highest BCUT2D eigenvalue weighted by atomic mass is 16.5. The zero-order valence-corrected chi connectivity index (χ0v) is 18.4. The Morgan fingerprint density at radius 1 is 1.23 bits per heavy atom. The highest BCUT2D eigenvalue weighted by Gasteiger charge is 2.31. The number of rotatable bonds is 10. The Balaban J connectivity index is 2.45. The van der Waals surface area contributed by atoms with Crippen LogP contribution in [0.1, 0.15) is 82.8 Å². The third kappa shape index (κ3) is 6.48. The number of aromatic hydroxyl groups is 1. The second-order valence-corrected chi connectivity index (χ2v) is 8.38. The Morgan fingerprint density at radius 2 is 1.97 bits per heavy atom. The fourth-order valence-corrected chi connectivity index (χ4v) is 4.10. The number of unbranched alkanes of at least 4 members (excludes halogenated alkanes) is 2. The van der Waals surface area contributed by atoms with Gasteiger partial charge >= 0.3 is 11.9 Å². The zero-order chi connectivity index (χ0) is 22.3. The molecule has 0 spiro atoms. The van der Waals surface area contributed by atoms with Crippen molar-refractivity contribution in [1.29, 1.82) is 0 Å². The van der Waals surface area contributed by atoms with E-state index in [-0.39, 0.29) is 30.4 Å². The monoisotopic (exact) mass is 414 g/mol. The number of carbonyl (C=O) groups is 2. The molecule has 1 aliphatic rings. The van der Waals surface area contributed by atoms with Gasteiger partial charge in [-0.25, -0.2) is 0 Å². The molecule has 0 radical (unpaired) electrons. The summed E-state index contributed by atoms with van der Waals surface area (Å²) in [7, 11) is 0. The van der Waals surface area contributed by atoms with Crippen LogP contribution in [0.4, 0.5) is 0 Å². The van der Waals surface area contributed by atoms with E-state index in [9.17, 15) is 14.7 Å². The van der Waals surface area contributed by atoms with Gasteiger partial charge in [0.25, 0.3) is 0 Å². The van der Waals surface area contributed by atoms with Gasteiger partial charge in [-0.15, -0.1) is 0 Å². The maximum Gasteiger partial charge on any atom is 0.311 e. The molecule has 5 nitrogen and oxygen atoms in total. The van der Waals surface area contributed by atoms with E-state index >= 15 is 0 Å². The first-order valence-corrected chi connectivity index (χ1v) is 10.8. The third-order valence-electron chi connectivity index (χ3n) is 5.73. The summed E-state index contributed by atoms with van der Waals surface area (Å²) >= 11 is 0. The number of benzene rings is 1. The summed E-state index contributed by atoms with van der Waals surface area (Å²) in [6.45, 7) is 10.3. The van der Waals surface area contributed by atoms with Crippen LogP contribution >= 0.6 is 0 Å². The molecule has 0 aliphatic heterocycles. The van der Waals surface area contributed by atoms with E-state index in [0.717, 1.165) is 49.7 Å². The van der Waals surface area contributed by atoms with Gasteiger partial charge in [-0.3, -0.25) is 9.59 Å². The van der Waals surface area contributed by atoms with Crippen LogP contribution < -0.4 is 4.74 Å². The van der Waals surface area contributed by atoms with Crippen molar-refractivity contribution in [3.8, 4) is 11.5 Å². The number of carbonyl (C=O) groups excluding carboxylic acids is 1. The molecule has 0 aromatic heterocycles. The summed E-state index contributed by atoms with van der Waals surface area (Å²) in [5.41, 5.74) is 3.75. The SMILES string of the molecule is C=C(C)C1CCC(C)=CC1c1c(O)cc(CCCCC)cc1OC(=O)CCC(=O)O. The lowest BCUT2D eigenvalue weighted by molar-refractivity contribution is -0.142. The number of allylic oxidation sites excluding steroid dienone is 3. The van der Waals surface area contributed by atoms with Crippen molar-refractivity contribution in [2.75, 3.05) is 0 Å². The maximum atomic E-state index is 12.3. The molecule has 0 fully saturated rings. The van der Waals surface area contributed by atoms with Gasteiger partial charge in [0.15, 0.2) is 0 Å². The minimum absolute atomic E-state index is 0.118. The normalized spacial score (nSPS) is 18.6. The molecule has 0 bridgehead atoms. The number of carboxylic acids is 1. The lowest BCUT2D eigenvalue weighted by Gasteiger charge is -2.32. The number of esters is 1. The molecule has 1 aromatic rings. The molecule has 2 atom stereocenters. The molecule has 2 N–H and O–H groups in total. The van der Waals surface area contributed by atoms with Crippen LogP contribution in [-0.4, -0.2) is 22.2 Å². The average Bonchev–Trinajstić information content (AvgIpc) is 2.66. The first-order chi connectivity index (χ1) is 14.2. The van der Waals surface area contributed by atoms with Gasteiger partial charge in [0.05, 0.1) is 12.8 Å². The number of hydrogen-bond acceptors (Lipinski definition) is 4. The van der Waals surface area contributed by atoms with Crippen LogP contribution in [0, 0.1) is 5.92 Å². The smallest absolute Gasteiger partial charge is 0.311 e. The van der Waals surface area contributed by atoms with Gasteiger partial charge in [-0.2, -0.15) is 0 Å². The minimum atomic E-state index is -1.04. The average molecular weight is 415 g/mol. The predicted octanol–water partition coefficient (Wildman–Crippen LogP) is 5.91. The van der Waals surface area contributed by atoms with E-state index in [1.165, 1.54) is 5.57 Å². The molecule has 0 amide bonds. The van der Waals surface area contributed by atoms with Crippen molar-refractivity contribution >= 4 is 11.9 Å². The number of phenolic OH excluding ortho intramolecular Hbond substituents is 1. The van der Waals surface area contributed by atoms with Crippen LogP contribution in [0.5, 0.6) is 11.5 Å². The van der Waals surface area contributed by atoms with E-state index in [1.54, 1.807) is 6.07 Å². The van der Waals surface area contributed by atoms with E-state index in [0.29, 0.717) is 11.3 Å². The van der Waals surface area contributed by atoms with Gasteiger partial charge in [0, 0.05) is 11.5 Å². The Hall–Kier alpha value is -2.56. The summed E-state index contributed by atoms with van der Waals surface area (Å²) in [4.78, 5) is 23.1. The molecule has 0 saturated heterocycles. The van der Waals surface area contributed by atoms with Crippen LogP contribution in [-0.2, 0) is 16.0 Å². The Kier molecular flexibility index (Phi) is 8.70. The molecule has 1 aromatic carbocycles.